The van der Waals surface area contributed by atoms with Crippen LogP contribution in [0.2, 0.25) is 0 Å². The summed E-state index contributed by atoms with van der Waals surface area (Å²) >= 11 is 0. The molecule has 0 bridgehead atoms. The SMILES string of the molecule is COCCCN(C(=O)c1cc2ccccc2[nH]1)c1c(N)n(Cc2ccccc2)c(=O)[nH]c1=O. The molecular formula is C24H25N5O4. The van der Waals surface area contributed by atoms with Gasteiger partial charge in [-0.15, -0.1) is 0 Å². The lowest BCUT2D eigenvalue weighted by atomic mass is 10.2. The Bertz CT molecular complexity index is 1350. The second kappa shape index (κ2) is 9.58. The molecule has 4 N–H and O–H groups in total. The number of nitrogens with two attached hydrogens (primary N) is 1. The average molecular weight is 447 g/mol. The maximum absolute atomic E-state index is 13.5. The fourth-order valence-electron chi connectivity index (χ4n) is 3.78. The Balaban J connectivity index is 1.79. The molecule has 0 aliphatic carbocycles. The average Bonchev–Trinajstić information content (AvgIpc) is 3.25. The Kier molecular flexibility index (Phi) is 6.41. The van der Waals surface area contributed by atoms with Gasteiger partial charge in [-0.3, -0.25) is 24.0 Å². The van der Waals surface area contributed by atoms with Gasteiger partial charge in [0.2, 0.25) is 0 Å². The number of ether oxygens (including phenoxy) is 1. The van der Waals surface area contributed by atoms with E-state index in [4.69, 9.17) is 10.5 Å². The minimum absolute atomic E-state index is 0.0645. The molecule has 0 atom stereocenters. The van der Waals surface area contributed by atoms with Gasteiger partial charge in [-0.25, -0.2) is 4.79 Å². The van der Waals surface area contributed by atoms with Crippen molar-refractivity contribution < 1.29 is 9.53 Å². The van der Waals surface area contributed by atoms with Crippen molar-refractivity contribution in [1.82, 2.24) is 14.5 Å². The van der Waals surface area contributed by atoms with Crippen molar-refractivity contribution in [3.63, 3.8) is 0 Å². The van der Waals surface area contributed by atoms with Gasteiger partial charge in [0.05, 0.1) is 6.54 Å². The first-order valence-electron chi connectivity index (χ1n) is 10.5. The van der Waals surface area contributed by atoms with Crippen LogP contribution in [0.15, 0.2) is 70.3 Å². The molecule has 0 radical (unpaired) electrons. The predicted molar refractivity (Wildman–Crippen MR) is 128 cm³/mol. The summed E-state index contributed by atoms with van der Waals surface area (Å²) in [5.74, 6) is -0.501. The van der Waals surface area contributed by atoms with E-state index in [-0.39, 0.29) is 24.6 Å². The molecule has 4 rings (SSSR count). The number of carbonyl (C=O) groups excluding carboxylic acids is 1. The van der Waals surface area contributed by atoms with Gasteiger partial charge in [0.15, 0.2) is 5.69 Å². The van der Waals surface area contributed by atoms with E-state index >= 15 is 0 Å². The normalized spacial score (nSPS) is 11.1. The number of para-hydroxylation sites is 1. The van der Waals surface area contributed by atoms with Crippen molar-refractivity contribution in [2.24, 2.45) is 0 Å². The summed E-state index contributed by atoms with van der Waals surface area (Å²) in [5.41, 5.74) is 6.86. The molecule has 0 aliphatic rings. The number of fused-ring (bicyclic) bond motifs is 1. The lowest BCUT2D eigenvalue weighted by Gasteiger charge is -2.24. The summed E-state index contributed by atoms with van der Waals surface area (Å²) in [7, 11) is 1.56. The molecule has 0 fully saturated rings. The highest BCUT2D eigenvalue weighted by atomic mass is 16.5. The number of carbonyl (C=O) groups is 1. The number of nitrogen functional groups attached to an aromatic ring is 1. The van der Waals surface area contributed by atoms with Crippen molar-refractivity contribution in [3.8, 4) is 0 Å². The first kappa shape index (κ1) is 22.1. The van der Waals surface area contributed by atoms with E-state index in [2.05, 4.69) is 9.97 Å². The Morgan fingerprint density at radius 1 is 1.06 bits per heavy atom. The highest BCUT2D eigenvalue weighted by Gasteiger charge is 2.26. The molecule has 0 saturated heterocycles. The number of nitrogens with zero attached hydrogens (tertiary/aromatic N) is 2. The predicted octanol–water partition coefficient (Wildman–Crippen LogP) is 2.33. The number of H-pyrrole nitrogens is 2. The van der Waals surface area contributed by atoms with E-state index in [1.807, 2.05) is 54.6 Å². The highest BCUT2D eigenvalue weighted by molar-refractivity contribution is 6.08. The lowest BCUT2D eigenvalue weighted by molar-refractivity contribution is 0.0979. The van der Waals surface area contributed by atoms with E-state index in [9.17, 15) is 14.4 Å². The second-order valence-electron chi connectivity index (χ2n) is 7.64. The Hall–Kier alpha value is -4.11. The Labute approximate surface area is 189 Å². The molecule has 0 saturated carbocycles. The minimum Gasteiger partial charge on any atom is -0.385 e. The third kappa shape index (κ3) is 4.58. The van der Waals surface area contributed by atoms with E-state index in [1.165, 1.54) is 9.47 Å². The standard InChI is InChI=1S/C24H25N5O4/c1-33-13-7-12-28(23(31)19-14-17-10-5-6-11-18(17)26-19)20-21(25)29(24(32)27-22(20)30)15-16-8-3-2-4-9-16/h2-6,8-11,14,26H,7,12-13,15,25H2,1H3,(H,27,30,32). The fourth-order valence-corrected chi connectivity index (χ4v) is 3.78. The number of aromatic amines is 2. The van der Waals surface area contributed by atoms with Crippen LogP contribution in [0.3, 0.4) is 0 Å². The number of methoxy groups -OCH3 is 1. The van der Waals surface area contributed by atoms with Gasteiger partial charge in [0.1, 0.15) is 11.5 Å². The first-order valence-corrected chi connectivity index (χ1v) is 10.5. The van der Waals surface area contributed by atoms with Crippen LogP contribution in [0.25, 0.3) is 10.9 Å². The summed E-state index contributed by atoms with van der Waals surface area (Å²) in [5, 5.41) is 0.869. The second-order valence-corrected chi connectivity index (χ2v) is 7.64. The van der Waals surface area contributed by atoms with Gasteiger partial charge < -0.3 is 15.5 Å². The largest absolute Gasteiger partial charge is 0.385 e. The molecule has 170 valence electrons. The quantitative estimate of drug-likeness (QED) is 0.358. The molecule has 1 amide bonds. The van der Waals surface area contributed by atoms with Gasteiger partial charge in [0.25, 0.3) is 11.5 Å². The number of nitrogens with one attached hydrogen (secondary N) is 2. The van der Waals surface area contributed by atoms with Gasteiger partial charge in [-0.05, 0) is 24.1 Å². The summed E-state index contributed by atoms with van der Waals surface area (Å²) in [4.78, 5) is 45.7. The van der Waals surface area contributed by atoms with Crippen LogP contribution in [0.1, 0.15) is 22.5 Å². The Morgan fingerprint density at radius 3 is 2.52 bits per heavy atom. The maximum Gasteiger partial charge on any atom is 0.330 e. The monoisotopic (exact) mass is 447 g/mol. The van der Waals surface area contributed by atoms with Crippen LogP contribution in [0.4, 0.5) is 11.5 Å². The number of benzene rings is 2. The highest BCUT2D eigenvalue weighted by Crippen LogP contribution is 2.22. The number of hydrogen-bond acceptors (Lipinski definition) is 5. The van der Waals surface area contributed by atoms with Crippen LogP contribution < -0.4 is 21.9 Å². The van der Waals surface area contributed by atoms with Crippen molar-refractivity contribution in [2.75, 3.05) is 30.9 Å². The molecule has 0 aliphatic heterocycles. The molecule has 33 heavy (non-hydrogen) atoms. The van der Waals surface area contributed by atoms with Gasteiger partial charge in [-0.2, -0.15) is 0 Å². The number of aromatic nitrogens is 3. The molecule has 9 nitrogen and oxygen atoms in total. The number of anilines is 2. The zero-order valence-electron chi connectivity index (χ0n) is 18.2. The molecule has 0 unspecified atom stereocenters. The summed E-state index contributed by atoms with van der Waals surface area (Å²) < 4.78 is 6.38. The number of amides is 1. The molecule has 2 aromatic heterocycles. The first-order chi connectivity index (χ1) is 16.0. The van der Waals surface area contributed by atoms with E-state index in [1.54, 1.807) is 13.2 Å². The number of hydrogen-bond donors (Lipinski definition) is 3. The molecule has 2 heterocycles. The lowest BCUT2D eigenvalue weighted by Crippen LogP contribution is -2.42. The van der Waals surface area contributed by atoms with E-state index in [0.717, 1.165) is 16.5 Å². The Morgan fingerprint density at radius 2 is 1.79 bits per heavy atom. The van der Waals surface area contributed by atoms with Crippen LogP contribution in [-0.2, 0) is 11.3 Å². The third-order valence-corrected chi connectivity index (χ3v) is 5.40. The van der Waals surface area contributed by atoms with Crippen molar-refractivity contribution in [3.05, 3.63) is 92.8 Å². The molecular weight excluding hydrogens is 422 g/mol. The van der Waals surface area contributed by atoms with Gasteiger partial charge >= 0.3 is 5.69 Å². The molecule has 9 heteroatoms. The van der Waals surface area contributed by atoms with Crippen LogP contribution >= 0.6 is 0 Å². The summed E-state index contributed by atoms with van der Waals surface area (Å²) in [6, 6.07) is 18.5. The van der Waals surface area contributed by atoms with Gasteiger partial charge in [-0.1, -0.05) is 48.5 Å². The fraction of sp³-hybridized carbons (Fsp3) is 0.208. The topological polar surface area (TPSA) is 126 Å². The van der Waals surface area contributed by atoms with Crippen molar-refractivity contribution in [1.29, 1.82) is 0 Å². The number of rotatable bonds is 8. The van der Waals surface area contributed by atoms with Crippen LogP contribution in [-0.4, -0.2) is 40.7 Å². The molecule has 4 aromatic rings. The van der Waals surface area contributed by atoms with E-state index in [0.29, 0.717) is 18.7 Å². The molecule has 2 aromatic carbocycles. The van der Waals surface area contributed by atoms with E-state index < -0.39 is 17.2 Å². The zero-order valence-corrected chi connectivity index (χ0v) is 18.2. The van der Waals surface area contributed by atoms with Gasteiger partial charge in [0, 0.05) is 31.2 Å². The van der Waals surface area contributed by atoms with Crippen LogP contribution in [0.5, 0.6) is 0 Å². The smallest absolute Gasteiger partial charge is 0.330 e. The summed E-state index contributed by atoms with van der Waals surface area (Å²) in [6.07, 6.45) is 0.471. The van der Waals surface area contributed by atoms with Crippen molar-refractivity contribution >= 4 is 28.3 Å². The molecule has 0 spiro atoms. The third-order valence-electron chi connectivity index (χ3n) is 5.40. The minimum atomic E-state index is -0.719. The maximum atomic E-state index is 13.5. The van der Waals surface area contributed by atoms with Crippen molar-refractivity contribution in [2.45, 2.75) is 13.0 Å². The zero-order chi connectivity index (χ0) is 23.4. The summed E-state index contributed by atoms with van der Waals surface area (Å²) in [6.45, 7) is 0.721. The van der Waals surface area contributed by atoms with Crippen LogP contribution in [0, 0.1) is 0 Å².